The number of hydrogen-bond donors (Lipinski definition) is 3. The van der Waals surface area contributed by atoms with Crippen molar-refractivity contribution in [3.8, 4) is 0 Å². The highest BCUT2D eigenvalue weighted by molar-refractivity contribution is 5.99. The molecule has 3 amide bonds. The summed E-state index contributed by atoms with van der Waals surface area (Å²) in [4.78, 5) is 39.8. The lowest BCUT2D eigenvalue weighted by molar-refractivity contribution is -0.135. The van der Waals surface area contributed by atoms with E-state index in [0.717, 1.165) is 31.2 Å². The fourth-order valence-corrected chi connectivity index (χ4v) is 3.90. The summed E-state index contributed by atoms with van der Waals surface area (Å²) < 4.78 is 0. The molecule has 0 aromatic heterocycles. The van der Waals surface area contributed by atoms with Gasteiger partial charge in [-0.25, -0.2) is 0 Å². The van der Waals surface area contributed by atoms with Crippen molar-refractivity contribution in [3.63, 3.8) is 0 Å². The first-order valence-electron chi connectivity index (χ1n) is 11.3. The van der Waals surface area contributed by atoms with Gasteiger partial charge in [0.15, 0.2) is 0 Å². The molecule has 1 atom stereocenters. The van der Waals surface area contributed by atoms with Crippen LogP contribution in [0.3, 0.4) is 0 Å². The topological polar surface area (TPSA) is 105 Å². The van der Waals surface area contributed by atoms with Gasteiger partial charge in [-0.2, -0.15) is 0 Å². The van der Waals surface area contributed by atoms with Crippen LogP contribution in [0.4, 0.5) is 5.69 Å². The molecule has 3 rings (SSSR count). The Morgan fingerprint density at radius 1 is 1.09 bits per heavy atom. The SMILES string of the molecule is CCCc1ccc(C(=O)NC2CCCCN(CC(=O)Nc3cccc(CN)c3)C2=O)cc1. The van der Waals surface area contributed by atoms with Gasteiger partial charge in [0.05, 0.1) is 6.54 Å². The van der Waals surface area contributed by atoms with Crippen molar-refractivity contribution < 1.29 is 14.4 Å². The maximum atomic E-state index is 13.1. The van der Waals surface area contributed by atoms with Gasteiger partial charge in [0.25, 0.3) is 5.91 Å². The molecular weight excluding hydrogens is 404 g/mol. The second-order valence-electron chi connectivity index (χ2n) is 8.18. The van der Waals surface area contributed by atoms with Crippen molar-refractivity contribution in [2.45, 2.75) is 51.6 Å². The average Bonchev–Trinajstić information content (AvgIpc) is 2.96. The van der Waals surface area contributed by atoms with Crippen LogP contribution in [0.5, 0.6) is 0 Å². The number of nitrogens with one attached hydrogen (secondary N) is 2. The highest BCUT2D eigenvalue weighted by Crippen LogP contribution is 2.15. The normalized spacial score (nSPS) is 16.4. The molecule has 2 aromatic rings. The summed E-state index contributed by atoms with van der Waals surface area (Å²) in [6, 6.07) is 14.2. The number of anilines is 1. The number of amides is 3. The van der Waals surface area contributed by atoms with E-state index in [1.165, 1.54) is 10.5 Å². The Labute approximate surface area is 189 Å². The van der Waals surface area contributed by atoms with Gasteiger partial charge >= 0.3 is 0 Å². The van der Waals surface area contributed by atoms with E-state index in [-0.39, 0.29) is 24.3 Å². The fraction of sp³-hybridized carbons (Fsp3) is 0.400. The second kappa shape index (κ2) is 11.4. The molecule has 1 unspecified atom stereocenters. The number of hydrogen-bond acceptors (Lipinski definition) is 4. The summed E-state index contributed by atoms with van der Waals surface area (Å²) in [5, 5.41) is 5.69. The number of benzene rings is 2. The van der Waals surface area contributed by atoms with Gasteiger partial charge in [-0.05, 0) is 61.1 Å². The molecule has 32 heavy (non-hydrogen) atoms. The molecule has 1 aliphatic rings. The van der Waals surface area contributed by atoms with Gasteiger partial charge in [-0.1, -0.05) is 37.6 Å². The molecule has 7 heteroatoms. The van der Waals surface area contributed by atoms with Crippen molar-refractivity contribution in [2.24, 2.45) is 5.73 Å². The van der Waals surface area contributed by atoms with Crippen LogP contribution in [-0.2, 0) is 22.6 Å². The van der Waals surface area contributed by atoms with Crippen molar-refractivity contribution in [2.75, 3.05) is 18.4 Å². The molecule has 0 spiro atoms. The Balaban J connectivity index is 1.60. The monoisotopic (exact) mass is 436 g/mol. The van der Waals surface area contributed by atoms with Crippen molar-refractivity contribution in [1.29, 1.82) is 0 Å². The lowest BCUT2D eigenvalue weighted by Gasteiger charge is -2.24. The molecule has 1 aliphatic heterocycles. The van der Waals surface area contributed by atoms with Crippen LogP contribution in [0.2, 0.25) is 0 Å². The van der Waals surface area contributed by atoms with Gasteiger partial charge < -0.3 is 21.3 Å². The largest absolute Gasteiger partial charge is 0.340 e. The number of carbonyl (C=O) groups excluding carboxylic acids is 3. The Morgan fingerprint density at radius 3 is 2.59 bits per heavy atom. The Morgan fingerprint density at radius 2 is 1.88 bits per heavy atom. The van der Waals surface area contributed by atoms with Gasteiger partial charge in [-0.15, -0.1) is 0 Å². The third-order valence-electron chi connectivity index (χ3n) is 5.62. The van der Waals surface area contributed by atoms with Crippen LogP contribution in [0, 0.1) is 0 Å². The predicted molar refractivity (Wildman–Crippen MR) is 125 cm³/mol. The van der Waals surface area contributed by atoms with E-state index in [1.807, 2.05) is 30.3 Å². The molecule has 4 N–H and O–H groups in total. The van der Waals surface area contributed by atoms with Gasteiger partial charge in [0, 0.05) is 24.3 Å². The number of rotatable bonds is 8. The third-order valence-corrected chi connectivity index (χ3v) is 5.62. The summed E-state index contributed by atoms with van der Waals surface area (Å²) in [6.45, 7) is 2.94. The number of carbonyl (C=O) groups is 3. The summed E-state index contributed by atoms with van der Waals surface area (Å²) in [6.07, 6.45) is 4.18. The van der Waals surface area contributed by atoms with Crippen LogP contribution in [0.25, 0.3) is 0 Å². The van der Waals surface area contributed by atoms with E-state index < -0.39 is 6.04 Å². The minimum Gasteiger partial charge on any atom is -0.340 e. The third kappa shape index (κ3) is 6.40. The molecule has 7 nitrogen and oxygen atoms in total. The van der Waals surface area contributed by atoms with E-state index in [1.54, 1.807) is 18.2 Å². The van der Waals surface area contributed by atoms with Crippen molar-refractivity contribution in [1.82, 2.24) is 10.2 Å². The Bertz CT molecular complexity index is 942. The van der Waals surface area contributed by atoms with Crippen molar-refractivity contribution >= 4 is 23.4 Å². The van der Waals surface area contributed by atoms with Crippen LogP contribution in [0.1, 0.15) is 54.1 Å². The van der Waals surface area contributed by atoms with Crippen molar-refractivity contribution in [3.05, 3.63) is 65.2 Å². The summed E-state index contributed by atoms with van der Waals surface area (Å²) in [7, 11) is 0. The number of aryl methyl sites for hydroxylation is 1. The fourth-order valence-electron chi connectivity index (χ4n) is 3.90. The molecule has 0 aliphatic carbocycles. The molecule has 1 saturated heterocycles. The molecular formula is C25H32N4O3. The van der Waals surface area contributed by atoms with Crippen LogP contribution >= 0.6 is 0 Å². The summed E-state index contributed by atoms with van der Waals surface area (Å²) >= 11 is 0. The van der Waals surface area contributed by atoms with E-state index in [4.69, 9.17) is 5.73 Å². The molecule has 0 saturated carbocycles. The highest BCUT2D eigenvalue weighted by atomic mass is 16.2. The molecule has 1 fully saturated rings. The van der Waals surface area contributed by atoms with E-state index in [2.05, 4.69) is 17.6 Å². The minimum atomic E-state index is -0.631. The zero-order valence-electron chi connectivity index (χ0n) is 18.6. The number of nitrogens with two attached hydrogens (primary N) is 1. The molecule has 0 radical (unpaired) electrons. The zero-order valence-corrected chi connectivity index (χ0v) is 18.6. The van der Waals surface area contributed by atoms with Crippen LogP contribution < -0.4 is 16.4 Å². The maximum Gasteiger partial charge on any atom is 0.251 e. The summed E-state index contributed by atoms with van der Waals surface area (Å²) in [5.41, 5.74) is 8.94. The average molecular weight is 437 g/mol. The molecule has 1 heterocycles. The van der Waals surface area contributed by atoms with E-state index in [0.29, 0.717) is 30.8 Å². The molecule has 2 aromatic carbocycles. The molecule has 0 bridgehead atoms. The number of likely N-dealkylation sites (tertiary alicyclic amines) is 1. The zero-order chi connectivity index (χ0) is 22.9. The first-order valence-corrected chi connectivity index (χ1v) is 11.3. The highest BCUT2D eigenvalue weighted by Gasteiger charge is 2.29. The Kier molecular flexibility index (Phi) is 8.39. The van der Waals surface area contributed by atoms with Gasteiger partial charge in [0.2, 0.25) is 11.8 Å². The maximum absolute atomic E-state index is 13.1. The van der Waals surface area contributed by atoms with Gasteiger partial charge in [0.1, 0.15) is 6.04 Å². The lowest BCUT2D eigenvalue weighted by atomic mass is 10.1. The Hall–Kier alpha value is -3.19. The second-order valence-corrected chi connectivity index (χ2v) is 8.18. The standard InChI is InChI=1S/C25H32N4O3/c1-2-6-18-10-12-20(13-11-18)24(31)28-22-9-3-4-14-29(25(22)32)17-23(30)27-21-8-5-7-19(15-21)16-26/h5,7-8,10-13,15,22H,2-4,6,9,14,16-17,26H2,1H3,(H,27,30)(H,28,31). The molecule has 170 valence electrons. The first kappa shape index (κ1) is 23.5. The summed E-state index contributed by atoms with van der Waals surface area (Å²) in [5.74, 6) is -0.758. The lowest BCUT2D eigenvalue weighted by Crippen LogP contribution is -2.49. The van der Waals surface area contributed by atoms with Crippen LogP contribution in [0.15, 0.2) is 48.5 Å². The smallest absolute Gasteiger partial charge is 0.251 e. The van der Waals surface area contributed by atoms with Crippen LogP contribution in [-0.4, -0.2) is 41.8 Å². The predicted octanol–water partition coefficient (Wildman–Crippen LogP) is 2.85. The quantitative estimate of drug-likeness (QED) is 0.592. The minimum absolute atomic E-state index is 0.0518. The van der Waals surface area contributed by atoms with E-state index >= 15 is 0 Å². The first-order chi connectivity index (χ1) is 15.5. The van der Waals surface area contributed by atoms with E-state index in [9.17, 15) is 14.4 Å². The number of nitrogens with zero attached hydrogens (tertiary/aromatic N) is 1. The van der Waals surface area contributed by atoms with Gasteiger partial charge in [-0.3, -0.25) is 14.4 Å².